The zero-order chi connectivity index (χ0) is 14.6. The number of benzene rings is 1. The number of carbonyl (C=O) groups excluding carboxylic acids is 1. The molecule has 5 heteroatoms. The number of rotatable bonds is 4. The highest BCUT2D eigenvalue weighted by Gasteiger charge is 2.35. The van der Waals surface area contributed by atoms with E-state index < -0.39 is 0 Å². The van der Waals surface area contributed by atoms with E-state index in [0.717, 1.165) is 26.1 Å². The Hall–Kier alpha value is -1.59. The van der Waals surface area contributed by atoms with Crippen molar-refractivity contribution in [3.8, 4) is 0 Å². The van der Waals surface area contributed by atoms with Crippen LogP contribution in [0.1, 0.15) is 23.2 Å². The highest BCUT2D eigenvalue weighted by atomic mass is 16.5. The summed E-state index contributed by atoms with van der Waals surface area (Å²) in [6.07, 6.45) is 1.84. The number of anilines is 1. The van der Waals surface area contributed by atoms with Crippen LogP contribution in [0.5, 0.6) is 0 Å². The van der Waals surface area contributed by atoms with Crippen LogP contribution in [-0.2, 0) is 4.74 Å². The molecule has 0 bridgehead atoms. The Balaban J connectivity index is 2.03. The molecule has 3 N–H and O–H groups in total. The fourth-order valence-corrected chi connectivity index (χ4v) is 2.58. The second kappa shape index (κ2) is 6.24. The number of nitrogens with zero attached hydrogens (tertiary/aromatic N) is 1. The molecule has 2 rings (SSSR count). The summed E-state index contributed by atoms with van der Waals surface area (Å²) in [5, 5.41) is 3.02. The Labute approximate surface area is 120 Å². The minimum absolute atomic E-state index is 0.0303. The first-order chi connectivity index (χ1) is 9.55. The second-order valence-electron chi connectivity index (χ2n) is 5.50. The van der Waals surface area contributed by atoms with Gasteiger partial charge in [0.25, 0.3) is 5.91 Å². The molecule has 20 heavy (non-hydrogen) atoms. The molecule has 5 nitrogen and oxygen atoms in total. The molecule has 0 spiro atoms. The van der Waals surface area contributed by atoms with Gasteiger partial charge >= 0.3 is 0 Å². The normalized spacial score (nSPS) is 17.9. The van der Waals surface area contributed by atoms with Gasteiger partial charge in [-0.1, -0.05) is 12.1 Å². The Morgan fingerprint density at radius 1 is 1.35 bits per heavy atom. The summed E-state index contributed by atoms with van der Waals surface area (Å²) >= 11 is 0. The minimum Gasteiger partial charge on any atom is -0.398 e. The number of amides is 1. The number of hydrogen-bond acceptors (Lipinski definition) is 4. The van der Waals surface area contributed by atoms with Crippen molar-refractivity contribution in [1.29, 1.82) is 0 Å². The van der Waals surface area contributed by atoms with Crippen LogP contribution in [0, 0.1) is 0 Å². The highest BCUT2D eigenvalue weighted by Crippen LogP contribution is 2.25. The lowest BCUT2D eigenvalue weighted by molar-refractivity contribution is -0.00657. The summed E-state index contributed by atoms with van der Waals surface area (Å²) in [6, 6.07) is 7.13. The summed E-state index contributed by atoms with van der Waals surface area (Å²) < 4.78 is 5.43. The molecule has 0 aliphatic carbocycles. The number of nitrogens with one attached hydrogen (secondary N) is 1. The zero-order valence-electron chi connectivity index (χ0n) is 12.2. The quantitative estimate of drug-likeness (QED) is 0.809. The van der Waals surface area contributed by atoms with E-state index in [0.29, 0.717) is 17.8 Å². The van der Waals surface area contributed by atoms with E-state index in [1.165, 1.54) is 0 Å². The van der Waals surface area contributed by atoms with Crippen molar-refractivity contribution in [3.05, 3.63) is 29.8 Å². The largest absolute Gasteiger partial charge is 0.398 e. The topological polar surface area (TPSA) is 67.6 Å². The van der Waals surface area contributed by atoms with Gasteiger partial charge in [0.05, 0.1) is 5.56 Å². The summed E-state index contributed by atoms with van der Waals surface area (Å²) in [4.78, 5) is 14.4. The Morgan fingerprint density at radius 2 is 2.00 bits per heavy atom. The Kier molecular flexibility index (Phi) is 4.62. The van der Waals surface area contributed by atoms with Crippen molar-refractivity contribution in [1.82, 2.24) is 10.2 Å². The van der Waals surface area contributed by atoms with Gasteiger partial charge < -0.3 is 20.7 Å². The van der Waals surface area contributed by atoms with Gasteiger partial charge in [-0.25, -0.2) is 0 Å². The van der Waals surface area contributed by atoms with Gasteiger partial charge in [0, 0.05) is 31.0 Å². The van der Waals surface area contributed by atoms with Gasteiger partial charge in [0.1, 0.15) is 0 Å². The van der Waals surface area contributed by atoms with Crippen molar-refractivity contribution in [2.24, 2.45) is 0 Å². The number of nitrogen functional groups attached to an aromatic ring is 1. The molecule has 0 aromatic heterocycles. The van der Waals surface area contributed by atoms with Crippen molar-refractivity contribution in [3.63, 3.8) is 0 Å². The SMILES string of the molecule is CN(C)C1(CNC(=O)c2ccccc2N)CCOCC1. The van der Waals surface area contributed by atoms with E-state index in [1.807, 2.05) is 26.2 Å². The number of likely N-dealkylation sites (N-methyl/N-ethyl adjacent to an activating group) is 1. The first-order valence-electron chi connectivity index (χ1n) is 6.93. The lowest BCUT2D eigenvalue weighted by atomic mass is 9.88. The smallest absolute Gasteiger partial charge is 0.253 e. The first kappa shape index (κ1) is 14.8. The third-order valence-electron chi connectivity index (χ3n) is 4.16. The first-order valence-corrected chi connectivity index (χ1v) is 6.93. The van der Waals surface area contributed by atoms with Crippen molar-refractivity contribution < 1.29 is 9.53 Å². The Morgan fingerprint density at radius 3 is 2.60 bits per heavy atom. The van der Waals surface area contributed by atoms with Crippen LogP contribution >= 0.6 is 0 Å². The van der Waals surface area contributed by atoms with Crippen LogP contribution < -0.4 is 11.1 Å². The van der Waals surface area contributed by atoms with Crippen LogP contribution in [0.3, 0.4) is 0 Å². The van der Waals surface area contributed by atoms with Gasteiger partial charge in [-0.2, -0.15) is 0 Å². The van der Waals surface area contributed by atoms with Crippen molar-refractivity contribution in [2.75, 3.05) is 39.6 Å². The van der Waals surface area contributed by atoms with E-state index in [-0.39, 0.29) is 11.4 Å². The van der Waals surface area contributed by atoms with Crippen LogP contribution in [0.15, 0.2) is 24.3 Å². The van der Waals surface area contributed by atoms with Gasteiger partial charge in [0.15, 0.2) is 0 Å². The molecule has 0 unspecified atom stereocenters. The van der Waals surface area contributed by atoms with Gasteiger partial charge in [-0.3, -0.25) is 4.79 Å². The third-order valence-corrected chi connectivity index (χ3v) is 4.16. The predicted molar refractivity (Wildman–Crippen MR) is 79.7 cm³/mol. The van der Waals surface area contributed by atoms with Gasteiger partial charge in [-0.15, -0.1) is 0 Å². The minimum atomic E-state index is -0.115. The monoisotopic (exact) mass is 277 g/mol. The molecule has 1 aliphatic heterocycles. The molecular weight excluding hydrogens is 254 g/mol. The maximum atomic E-state index is 12.2. The molecule has 1 saturated heterocycles. The number of para-hydroxylation sites is 1. The van der Waals surface area contributed by atoms with Crippen LogP contribution in [-0.4, -0.2) is 50.2 Å². The third kappa shape index (κ3) is 3.11. The van der Waals surface area contributed by atoms with E-state index >= 15 is 0 Å². The molecule has 1 aromatic rings. The molecule has 1 heterocycles. The molecule has 1 aliphatic rings. The second-order valence-corrected chi connectivity index (χ2v) is 5.50. The predicted octanol–water partition coefficient (Wildman–Crippen LogP) is 1.11. The fraction of sp³-hybridized carbons (Fsp3) is 0.533. The highest BCUT2D eigenvalue weighted by molar-refractivity contribution is 5.99. The summed E-state index contributed by atoms with van der Waals surface area (Å²) in [5.74, 6) is -0.115. The molecule has 1 amide bonds. The van der Waals surface area contributed by atoms with Crippen molar-refractivity contribution in [2.45, 2.75) is 18.4 Å². The van der Waals surface area contributed by atoms with Crippen molar-refractivity contribution >= 4 is 11.6 Å². The van der Waals surface area contributed by atoms with E-state index in [9.17, 15) is 4.79 Å². The molecule has 1 fully saturated rings. The lowest BCUT2D eigenvalue weighted by Crippen LogP contribution is -2.55. The molecule has 0 atom stereocenters. The fourth-order valence-electron chi connectivity index (χ4n) is 2.58. The lowest BCUT2D eigenvalue weighted by Gasteiger charge is -2.42. The molecule has 0 radical (unpaired) electrons. The maximum Gasteiger partial charge on any atom is 0.253 e. The summed E-state index contributed by atoms with van der Waals surface area (Å²) in [5.41, 5.74) is 6.85. The Bertz CT molecular complexity index is 468. The summed E-state index contributed by atoms with van der Waals surface area (Å²) in [6.45, 7) is 2.08. The van der Waals surface area contributed by atoms with Crippen LogP contribution in [0.25, 0.3) is 0 Å². The maximum absolute atomic E-state index is 12.2. The van der Waals surface area contributed by atoms with E-state index in [4.69, 9.17) is 10.5 Å². The molecular formula is C15H23N3O2. The van der Waals surface area contributed by atoms with E-state index in [2.05, 4.69) is 10.2 Å². The molecule has 1 aromatic carbocycles. The number of ether oxygens (including phenoxy) is 1. The number of carbonyl (C=O) groups is 1. The van der Waals surface area contributed by atoms with Gasteiger partial charge in [-0.05, 0) is 39.1 Å². The number of hydrogen-bond donors (Lipinski definition) is 2. The molecule has 110 valence electrons. The average molecular weight is 277 g/mol. The standard InChI is InChI=1S/C15H23N3O2/c1-18(2)15(7-9-20-10-8-15)11-17-14(19)12-5-3-4-6-13(12)16/h3-6H,7-11,16H2,1-2H3,(H,17,19). The van der Waals surface area contributed by atoms with Gasteiger partial charge in [0.2, 0.25) is 0 Å². The number of nitrogens with two attached hydrogens (primary N) is 1. The zero-order valence-corrected chi connectivity index (χ0v) is 12.2. The molecule has 0 saturated carbocycles. The average Bonchev–Trinajstić information content (AvgIpc) is 2.46. The van der Waals surface area contributed by atoms with Crippen LogP contribution in [0.4, 0.5) is 5.69 Å². The van der Waals surface area contributed by atoms with Crippen LogP contribution in [0.2, 0.25) is 0 Å². The summed E-state index contributed by atoms with van der Waals surface area (Å²) in [7, 11) is 4.10. The van der Waals surface area contributed by atoms with E-state index in [1.54, 1.807) is 12.1 Å².